The first-order valence-corrected chi connectivity index (χ1v) is 9.55. The third-order valence-electron chi connectivity index (χ3n) is 5.00. The average Bonchev–Trinajstić information content (AvgIpc) is 2.72. The van der Waals surface area contributed by atoms with Gasteiger partial charge in [0.1, 0.15) is 11.7 Å². The maximum absolute atomic E-state index is 13.2. The van der Waals surface area contributed by atoms with E-state index in [9.17, 15) is 14.4 Å². The van der Waals surface area contributed by atoms with E-state index >= 15 is 0 Å². The SMILES string of the molecule is COC(=O)[C@@H]1Cc2ccccc2CN1C(=O)c1cc(=O)c2cc(Br)ccc2[nH]1. The maximum Gasteiger partial charge on any atom is 0.328 e. The first kappa shape index (κ1) is 18.4. The molecule has 1 aromatic heterocycles. The molecule has 0 spiro atoms. The smallest absolute Gasteiger partial charge is 0.328 e. The van der Waals surface area contributed by atoms with Crippen molar-refractivity contribution in [2.24, 2.45) is 0 Å². The lowest BCUT2D eigenvalue weighted by Gasteiger charge is -2.35. The highest BCUT2D eigenvalue weighted by Crippen LogP contribution is 2.26. The predicted molar refractivity (Wildman–Crippen MR) is 108 cm³/mol. The van der Waals surface area contributed by atoms with Crippen LogP contribution in [-0.4, -0.2) is 34.9 Å². The maximum atomic E-state index is 13.2. The Bertz CT molecular complexity index is 1150. The molecule has 142 valence electrons. The van der Waals surface area contributed by atoms with Crippen molar-refractivity contribution in [1.82, 2.24) is 9.88 Å². The molecule has 0 saturated carbocycles. The Morgan fingerprint density at radius 3 is 2.64 bits per heavy atom. The highest BCUT2D eigenvalue weighted by molar-refractivity contribution is 9.10. The minimum absolute atomic E-state index is 0.146. The van der Waals surface area contributed by atoms with Crippen LogP contribution in [0.3, 0.4) is 0 Å². The molecule has 7 heteroatoms. The Hall–Kier alpha value is -2.93. The lowest BCUT2D eigenvalue weighted by Crippen LogP contribution is -2.49. The van der Waals surface area contributed by atoms with Gasteiger partial charge in [-0.1, -0.05) is 40.2 Å². The number of carbonyl (C=O) groups is 2. The molecule has 1 aliphatic rings. The number of esters is 1. The monoisotopic (exact) mass is 440 g/mol. The average molecular weight is 441 g/mol. The van der Waals surface area contributed by atoms with E-state index in [2.05, 4.69) is 20.9 Å². The van der Waals surface area contributed by atoms with E-state index in [0.29, 0.717) is 17.3 Å². The van der Waals surface area contributed by atoms with Gasteiger partial charge in [-0.15, -0.1) is 0 Å². The molecule has 1 atom stereocenters. The van der Waals surface area contributed by atoms with Crippen LogP contribution in [0.1, 0.15) is 21.6 Å². The summed E-state index contributed by atoms with van der Waals surface area (Å²) in [5, 5.41) is 0.486. The van der Waals surface area contributed by atoms with Crippen molar-refractivity contribution in [2.45, 2.75) is 19.0 Å². The van der Waals surface area contributed by atoms with Crippen LogP contribution in [0.15, 0.2) is 57.8 Å². The van der Waals surface area contributed by atoms with Gasteiger partial charge in [-0.25, -0.2) is 4.79 Å². The highest BCUT2D eigenvalue weighted by Gasteiger charge is 2.36. The van der Waals surface area contributed by atoms with Gasteiger partial charge in [0.25, 0.3) is 5.91 Å². The summed E-state index contributed by atoms with van der Waals surface area (Å²) < 4.78 is 5.70. The molecule has 1 aliphatic heterocycles. The van der Waals surface area contributed by atoms with Gasteiger partial charge in [-0.2, -0.15) is 0 Å². The fourth-order valence-corrected chi connectivity index (χ4v) is 3.93. The molecule has 2 heterocycles. The highest BCUT2D eigenvalue weighted by atomic mass is 79.9. The first-order chi connectivity index (χ1) is 13.5. The standard InChI is InChI=1S/C21H17BrN2O4/c1-28-21(27)18-8-12-4-2-3-5-13(12)11-24(18)20(26)17-10-19(25)15-9-14(22)6-7-16(15)23-17/h2-7,9-10,18H,8,11H2,1H3,(H,23,25)/t18-/m0/s1. The number of nitrogens with one attached hydrogen (secondary N) is 1. The number of pyridine rings is 1. The number of methoxy groups -OCH3 is 1. The second-order valence-electron chi connectivity index (χ2n) is 6.68. The van der Waals surface area contributed by atoms with Gasteiger partial charge in [0.05, 0.1) is 7.11 Å². The number of carbonyl (C=O) groups excluding carboxylic acids is 2. The zero-order chi connectivity index (χ0) is 19.8. The topological polar surface area (TPSA) is 79.5 Å². The quantitative estimate of drug-likeness (QED) is 0.621. The van der Waals surface area contributed by atoms with Crippen LogP contribution in [0.2, 0.25) is 0 Å². The van der Waals surface area contributed by atoms with Crippen LogP contribution in [0.4, 0.5) is 0 Å². The van der Waals surface area contributed by atoms with Gasteiger partial charge in [0, 0.05) is 34.4 Å². The molecular weight excluding hydrogens is 424 g/mol. The van der Waals surface area contributed by atoms with E-state index in [-0.39, 0.29) is 17.7 Å². The van der Waals surface area contributed by atoms with Crippen molar-refractivity contribution in [3.05, 3.63) is 80.0 Å². The number of fused-ring (bicyclic) bond motifs is 2. The Balaban J connectivity index is 1.77. The number of benzene rings is 2. The van der Waals surface area contributed by atoms with E-state index in [0.717, 1.165) is 15.6 Å². The van der Waals surface area contributed by atoms with Crippen LogP contribution in [-0.2, 0) is 22.5 Å². The number of aromatic nitrogens is 1. The van der Waals surface area contributed by atoms with E-state index in [1.54, 1.807) is 18.2 Å². The molecule has 2 aromatic carbocycles. The van der Waals surface area contributed by atoms with Crippen LogP contribution < -0.4 is 5.43 Å². The summed E-state index contributed by atoms with van der Waals surface area (Å²) in [5.41, 5.74) is 2.44. The molecule has 0 radical (unpaired) electrons. The normalized spacial score (nSPS) is 15.9. The number of nitrogens with zero attached hydrogens (tertiary/aromatic N) is 1. The summed E-state index contributed by atoms with van der Waals surface area (Å²) in [5.74, 6) is -0.887. The molecule has 0 fully saturated rings. The minimum atomic E-state index is -0.739. The van der Waals surface area contributed by atoms with E-state index in [4.69, 9.17) is 4.74 Å². The Kier molecular flexibility index (Phi) is 4.77. The van der Waals surface area contributed by atoms with Crippen molar-refractivity contribution < 1.29 is 14.3 Å². The first-order valence-electron chi connectivity index (χ1n) is 8.76. The fraction of sp³-hybridized carbons (Fsp3) is 0.190. The van der Waals surface area contributed by atoms with Crippen LogP contribution >= 0.6 is 15.9 Å². The zero-order valence-electron chi connectivity index (χ0n) is 15.1. The molecule has 1 N–H and O–H groups in total. The summed E-state index contributed by atoms with van der Waals surface area (Å²) in [6.07, 6.45) is 0.374. The number of hydrogen-bond acceptors (Lipinski definition) is 4. The van der Waals surface area contributed by atoms with Crippen LogP contribution in [0, 0.1) is 0 Å². The zero-order valence-corrected chi connectivity index (χ0v) is 16.7. The number of ether oxygens (including phenoxy) is 1. The lowest BCUT2D eigenvalue weighted by atomic mass is 9.93. The van der Waals surface area contributed by atoms with Gasteiger partial charge in [-0.05, 0) is 29.3 Å². The largest absolute Gasteiger partial charge is 0.467 e. The summed E-state index contributed by atoms with van der Waals surface area (Å²) in [6, 6.07) is 13.5. The number of rotatable bonds is 2. The third kappa shape index (κ3) is 3.22. The molecule has 3 aromatic rings. The van der Waals surface area contributed by atoms with Gasteiger partial charge >= 0.3 is 5.97 Å². The second kappa shape index (κ2) is 7.24. The van der Waals surface area contributed by atoms with Crippen LogP contribution in [0.5, 0.6) is 0 Å². The van der Waals surface area contributed by atoms with E-state index in [1.165, 1.54) is 18.1 Å². The number of amides is 1. The van der Waals surface area contributed by atoms with Gasteiger partial charge in [-0.3, -0.25) is 9.59 Å². The number of halogens is 1. The Morgan fingerprint density at radius 2 is 1.89 bits per heavy atom. The van der Waals surface area contributed by atoms with Crippen molar-refractivity contribution in [2.75, 3.05) is 7.11 Å². The fourth-order valence-electron chi connectivity index (χ4n) is 3.57. The Labute approximate surface area is 169 Å². The number of H-pyrrole nitrogens is 1. The van der Waals surface area contributed by atoms with Crippen molar-refractivity contribution in [3.63, 3.8) is 0 Å². The number of aromatic amines is 1. The molecule has 1 amide bonds. The van der Waals surface area contributed by atoms with Crippen molar-refractivity contribution >= 4 is 38.7 Å². The van der Waals surface area contributed by atoms with E-state index in [1.807, 2.05) is 24.3 Å². The molecule has 0 bridgehead atoms. The van der Waals surface area contributed by atoms with Crippen molar-refractivity contribution in [1.29, 1.82) is 0 Å². The number of hydrogen-bond donors (Lipinski definition) is 1. The molecule has 28 heavy (non-hydrogen) atoms. The molecule has 4 rings (SSSR count). The summed E-state index contributed by atoms with van der Waals surface area (Å²) in [4.78, 5) is 42.6. The second-order valence-corrected chi connectivity index (χ2v) is 7.60. The third-order valence-corrected chi connectivity index (χ3v) is 5.50. The summed E-state index contributed by atoms with van der Waals surface area (Å²) in [6.45, 7) is 0.273. The van der Waals surface area contributed by atoms with E-state index < -0.39 is 17.9 Å². The molecule has 0 saturated heterocycles. The molecular formula is C21H17BrN2O4. The van der Waals surface area contributed by atoms with Crippen LogP contribution in [0.25, 0.3) is 10.9 Å². The minimum Gasteiger partial charge on any atom is -0.467 e. The molecule has 0 unspecified atom stereocenters. The van der Waals surface area contributed by atoms with Gasteiger partial charge in [0.15, 0.2) is 5.43 Å². The van der Waals surface area contributed by atoms with Gasteiger partial charge in [0.2, 0.25) is 0 Å². The van der Waals surface area contributed by atoms with Gasteiger partial charge < -0.3 is 14.6 Å². The van der Waals surface area contributed by atoms with Crippen molar-refractivity contribution in [3.8, 4) is 0 Å². The molecule has 6 nitrogen and oxygen atoms in total. The Morgan fingerprint density at radius 1 is 1.14 bits per heavy atom. The summed E-state index contributed by atoms with van der Waals surface area (Å²) in [7, 11) is 1.31. The predicted octanol–water partition coefficient (Wildman–Crippen LogP) is 3.03. The molecule has 0 aliphatic carbocycles. The lowest BCUT2D eigenvalue weighted by molar-refractivity contribution is -0.146. The summed E-state index contributed by atoms with van der Waals surface area (Å²) >= 11 is 3.34.